The Bertz CT molecular complexity index is 2840. The summed E-state index contributed by atoms with van der Waals surface area (Å²) in [5.74, 6) is -4.15. The molecular weight excluding hydrogens is 843 g/mol. The molecule has 0 saturated carbocycles. The topological polar surface area (TPSA) is 178 Å². The fourth-order valence-electron chi connectivity index (χ4n) is 9.63. The average molecular weight is 884 g/mol. The van der Waals surface area contributed by atoms with Crippen LogP contribution in [0.3, 0.4) is 0 Å². The van der Waals surface area contributed by atoms with Gasteiger partial charge in [0, 0.05) is 35.5 Å². The van der Waals surface area contributed by atoms with Crippen LogP contribution in [0.25, 0.3) is 33.4 Å². The monoisotopic (exact) mass is 883 g/mol. The molecule has 64 heavy (non-hydrogen) atoms. The predicted octanol–water partition coefficient (Wildman–Crippen LogP) is 5.53. The number of pyridine rings is 2. The number of carbonyl (C=O) groups is 4. The van der Waals surface area contributed by atoms with Crippen LogP contribution in [0.1, 0.15) is 76.2 Å². The maximum atomic E-state index is 15.4. The third-order valence-corrected chi connectivity index (χ3v) is 12.9. The normalized spacial score (nSPS) is 18.6. The molecule has 332 valence electrons. The van der Waals surface area contributed by atoms with Crippen molar-refractivity contribution >= 4 is 34.8 Å². The van der Waals surface area contributed by atoms with Crippen molar-refractivity contribution in [2.45, 2.75) is 76.1 Å². The van der Waals surface area contributed by atoms with E-state index in [4.69, 9.17) is 19.2 Å². The van der Waals surface area contributed by atoms with Gasteiger partial charge in [-0.15, -0.1) is 0 Å². The number of ether oxygens (including phenoxy) is 3. The fraction of sp³-hybridized carbons (Fsp3) is 0.348. The van der Waals surface area contributed by atoms with Gasteiger partial charge in [0.05, 0.1) is 35.1 Å². The number of likely N-dealkylation sites (N-methyl/N-ethyl adjacent to an activating group) is 1. The third kappa shape index (κ3) is 6.86. The lowest BCUT2D eigenvalue weighted by Crippen LogP contribution is -2.50. The molecule has 0 spiro atoms. The molecule has 0 saturated heterocycles. The van der Waals surface area contributed by atoms with Crippen LogP contribution in [0.15, 0.2) is 65.5 Å². The predicted molar refractivity (Wildman–Crippen MR) is 220 cm³/mol. The molecule has 3 atom stereocenters. The van der Waals surface area contributed by atoms with E-state index in [-0.39, 0.29) is 66.4 Å². The first-order valence-corrected chi connectivity index (χ1v) is 20.7. The van der Waals surface area contributed by atoms with Crippen LogP contribution in [0.2, 0.25) is 0 Å². The standard InChI is InChI=1S/C46H41F4N5O9/c1-4-45(61)31-15-35-39-28(18-55(35)41(57)30(31)20-62-43(45)59)38-34(14-13-23-22(2)32(47)16-33(53-39)37(23)38)54(3)42(58)40(46(48,49)50)64-21-52-36(56)17-51-44(60)63-19-29-26-11-7-5-9-24(26)25-10-6-8-12-27(25)29/h5-12,15-16,29,34,40,61H,4,13-14,17-21H2,1-3H3,(H,51,60)(H,52,56)/t34-,40?,45-/m0/s1. The summed E-state index contributed by atoms with van der Waals surface area (Å²) >= 11 is 0. The van der Waals surface area contributed by atoms with Crippen LogP contribution in [0, 0.1) is 12.7 Å². The van der Waals surface area contributed by atoms with Crippen molar-refractivity contribution in [1.29, 1.82) is 0 Å². The molecule has 0 bridgehead atoms. The molecule has 3 aromatic carbocycles. The Hall–Kier alpha value is -6.66. The van der Waals surface area contributed by atoms with Gasteiger partial charge >= 0.3 is 18.2 Å². The van der Waals surface area contributed by atoms with E-state index in [9.17, 15) is 42.3 Å². The number of alkyl halides is 3. The molecule has 2 aliphatic heterocycles. The van der Waals surface area contributed by atoms with Crippen molar-refractivity contribution in [2.24, 2.45) is 0 Å². The minimum atomic E-state index is -5.24. The number of hydrogen-bond donors (Lipinski definition) is 3. The first-order chi connectivity index (χ1) is 30.5. The van der Waals surface area contributed by atoms with Gasteiger partial charge < -0.3 is 39.4 Å². The molecule has 0 radical (unpaired) electrons. The minimum absolute atomic E-state index is 0.0292. The van der Waals surface area contributed by atoms with Gasteiger partial charge in [-0.2, -0.15) is 13.2 Å². The molecule has 4 aliphatic rings. The summed E-state index contributed by atoms with van der Waals surface area (Å²) in [6, 6.07) is 17.0. The minimum Gasteiger partial charge on any atom is -0.458 e. The van der Waals surface area contributed by atoms with E-state index in [0.29, 0.717) is 27.6 Å². The molecule has 4 heterocycles. The molecule has 5 aromatic rings. The van der Waals surface area contributed by atoms with E-state index in [1.54, 1.807) is 13.8 Å². The SMILES string of the molecule is CC[C@@]1(O)C(=O)OCc2c1cc1n(c2=O)Cc2c-1nc1cc(F)c(C)c3c1c2[C@@H](N(C)C(=O)C(OCNC(=O)CNC(=O)OCC1c2ccccc2-c2ccccc21)C(F)(F)F)CC3. The lowest BCUT2D eigenvalue weighted by atomic mass is 9.81. The van der Waals surface area contributed by atoms with Crippen molar-refractivity contribution in [2.75, 3.05) is 26.9 Å². The number of esters is 1. The summed E-state index contributed by atoms with van der Waals surface area (Å²) in [5, 5.41) is 16.2. The molecule has 2 aromatic heterocycles. The number of rotatable bonds is 10. The quantitative estimate of drug-likeness (QED) is 0.0901. The zero-order chi connectivity index (χ0) is 45.4. The van der Waals surface area contributed by atoms with Gasteiger partial charge in [0.15, 0.2) is 5.60 Å². The molecule has 3 amide bonds. The molecule has 1 unspecified atom stereocenters. The second-order valence-electron chi connectivity index (χ2n) is 16.3. The first kappa shape index (κ1) is 42.6. The van der Waals surface area contributed by atoms with Crippen LogP contribution in [-0.4, -0.2) is 82.6 Å². The van der Waals surface area contributed by atoms with Gasteiger partial charge in [0.1, 0.15) is 32.3 Å². The summed E-state index contributed by atoms with van der Waals surface area (Å²) in [4.78, 5) is 71.5. The fourth-order valence-corrected chi connectivity index (χ4v) is 9.63. The van der Waals surface area contributed by atoms with E-state index in [0.717, 1.165) is 27.2 Å². The maximum absolute atomic E-state index is 15.4. The number of halogens is 4. The number of alkyl carbamates (subject to hydrolysis) is 1. The van der Waals surface area contributed by atoms with Crippen LogP contribution in [0.4, 0.5) is 22.4 Å². The number of nitrogens with zero attached hydrogens (tertiary/aromatic N) is 3. The average Bonchev–Trinajstić information content (AvgIpc) is 3.81. The molecule has 9 rings (SSSR count). The van der Waals surface area contributed by atoms with Crippen molar-refractivity contribution in [1.82, 2.24) is 25.1 Å². The lowest BCUT2D eigenvalue weighted by molar-refractivity contribution is -0.225. The zero-order valence-corrected chi connectivity index (χ0v) is 34.7. The molecule has 0 fully saturated rings. The smallest absolute Gasteiger partial charge is 0.423 e. The number of aryl methyl sites for hydroxylation is 1. The number of cyclic esters (lactones) is 1. The number of nitrogens with one attached hydrogen (secondary N) is 2. The Morgan fingerprint density at radius 3 is 2.39 bits per heavy atom. The van der Waals surface area contributed by atoms with E-state index >= 15 is 4.39 Å². The second-order valence-corrected chi connectivity index (χ2v) is 16.3. The van der Waals surface area contributed by atoms with Crippen molar-refractivity contribution in [3.05, 3.63) is 121 Å². The van der Waals surface area contributed by atoms with Crippen molar-refractivity contribution < 1.29 is 56.1 Å². The summed E-state index contributed by atoms with van der Waals surface area (Å²) in [6.45, 7) is 0.863. The van der Waals surface area contributed by atoms with Gasteiger partial charge in [0.2, 0.25) is 12.0 Å². The molecular formula is C46H41F4N5O9. The number of aliphatic hydroxyl groups is 1. The second kappa shape index (κ2) is 15.8. The third-order valence-electron chi connectivity index (χ3n) is 12.9. The van der Waals surface area contributed by atoms with Gasteiger partial charge in [-0.05, 0) is 71.2 Å². The van der Waals surface area contributed by atoms with E-state index in [2.05, 4.69) is 10.6 Å². The number of amides is 3. The summed E-state index contributed by atoms with van der Waals surface area (Å²) < 4.78 is 76.3. The van der Waals surface area contributed by atoms with Crippen LogP contribution >= 0.6 is 0 Å². The highest BCUT2D eigenvalue weighted by Crippen LogP contribution is 2.48. The highest BCUT2D eigenvalue weighted by molar-refractivity contribution is 5.94. The molecule has 14 nitrogen and oxygen atoms in total. The Kier molecular flexibility index (Phi) is 10.6. The Balaban J connectivity index is 0.913. The number of hydrogen-bond acceptors (Lipinski definition) is 10. The zero-order valence-electron chi connectivity index (χ0n) is 34.7. The van der Waals surface area contributed by atoms with E-state index in [1.807, 2.05) is 48.5 Å². The van der Waals surface area contributed by atoms with E-state index < -0.39 is 79.1 Å². The summed E-state index contributed by atoms with van der Waals surface area (Å²) in [6.07, 6.45) is -9.08. The van der Waals surface area contributed by atoms with Gasteiger partial charge in [-0.1, -0.05) is 55.5 Å². The Labute approximate surface area is 362 Å². The largest absolute Gasteiger partial charge is 0.458 e. The van der Waals surface area contributed by atoms with E-state index in [1.165, 1.54) is 23.7 Å². The van der Waals surface area contributed by atoms with Crippen molar-refractivity contribution in [3.8, 4) is 22.5 Å². The molecule has 3 N–H and O–H groups in total. The van der Waals surface area contributed by atoms with Crippen LogP contribution in [0.5, 0.6) is 0 Å². The lowest BCUT2D eigenvalue weighted by Gasteiger charge is -2.37. The summed E-state index contributed by atoms with van der Waals surface area (Å²) in [5.41, 5.74) is 3.51. The maximum Gasteiger partial charge on any atom is 0.423 e. The molecule has 2 aliphatic carbocycles. The van der Waals surface area contributed by atoms with Crippen LogP contribution < -0.4 is 16.2 Å². The van der Waals surface area contributed by atoms with Gasteiger partial charge in [-0.25, -0.2) is 19.0 Å². The van der Waals surface area contributed by atoms with Gasteiger partial charge in [0.25, 0.3) is 11.5 Å². The first-order valence-electron chi connectivity index (χ1n) is 20.7. The number of fused-ring (bicyclic) bond motifs is 8. The summed E-state index contributed by atoms with van der Waals surface area (Å²) in [7, 11) is 1.18. The highest BCUT2D eigenvalue weighted by atomic mass is 19.4. The number of carbonyl (C=O) groups excluding carboxylic acids is 4. The number of benzene rings is 3. The Morgan fingerprint density at radius 2 is 1.72 bits per heavy atom. The van der Waals surface area contributed by atoms with Crippen LogP contribution in [-0.2, 0) is 53.8 Å². The molecule has 18 heteroatoms. The van der Waals surface area contributed by atoms with Crippen molar-refractivity contribution in [3.63, 3.8) is 0 Å². The van der Waals surface area contributed by atoms with Gasteiger partial charge in [-0.3, -0.25) is 14.4 Å². The highest BCUT2D eigenvalue weighted by Gasteiger charge is 2.50. The Morgan fingerprint density at radius 1 is 1.03 bits per heavy atom. The number of aromatic nitrogens is 2.